The zero-order valence-electron chi connectivity index (χ0n) is 7.01. The van der Waals surface area contributed by atoms with Crippen molar-refractivity contribution in [2.75, 3.05) is 0 Å². The average molecular weight is 213 g/mol. The molecule has 0 amide bonds. The molecule has 1 fully saturated rings. The Morgan fingerprint density at radius 3 is 2.77 bits per heavy atom. The van der Waals surface area contributed by atoms with E-state index in [1.807, 2.05) is 12.2 Å². The number of hydrogen-bond donors (Lipinski definition) is 1. The van der Waals surface area contributed by atoms with E-state index in [1.54, 1.807) is 11.3 Å². The fraction of sp³-hybridized carbons (Fsp3) is 0.400. The summed E-state index contributed by atoms with van der Waals surface area (Å²) < 4.78 is 0.832. The minimum atomic E-state index is 0.216. The third-order valence-electron chi connectivity index (χ3n) is 2.46. The summed E-state index contributed by atoms with van der Waals surface area (Å²) in [5.41, 5.74) is 0.216. The van der Waals surface area contributed by atoms with E-state index in [0.717, 1.165) is 10.8 Å². The Morgan fingerprint density at radius 2 is 2.31 bits per heavy atom. The highest BCUT2D eigenvalue weighted by Crippen LogP contribution is 2.53. The minimum Gasteiger partial charge on any atom is -0.462 e. The Morgan fingerprint density at radius 1 is 1.54 bits per heavy atom. The highest BCUT2D eigenvalue weighted by molar-refractivity contribution is 7.16. The molecular weight excluding hydrogens is 204 g/mol. The summed E-state index contributed by atoms with van der Waals surface area (Å²) in [6.45, 7) is 0. The number of hydrogen-bond acceptors (Lipinski definition) is 2. The molecule has 1 N–H and O–H groups in total. The van der Waals surface area contributed by atoms with Gasteiger partial charge in [-0.3, -0.25) is 0 Å². The normalized spacial score (nSPS) is 17.6. The minimum absolute atomic E-state index is 0.216. The lowest BCUT2D eigenvalue weighted by Gasteiger charge is -2.06. The van der Waals surface area contributed by atoms with Crippen molar-refractivity contribution in [3.05, 3.63) is 21.3 Å². The molecule has 0 atom stereocenters. The highest BCUT2D eigenvalue weighted by Gasteiger charge is 2.44. The molecule has 0 spiro atoms. The molecule has 1 aliphatic rings. The summed E-state index contributed by atoms with van der Waals surface area (Å²) >= 11 is 7.49. The van der Waals surface area contributed by atoms with Gasteiger partial charge in [-0.25, -0.2) is 0 Å². The molecule has 2 rings (SSSR count). The molecule has 0 bridgehead atoms. The number of rotatable bonds is 2. The van der Waals surface area contributed by atoms with E-state index >= 15 is 0 Å². The van der Waals surface area contributed by atoms with Crippen molar-refractivity contribution >= 4 is 22.9 Å². The zero-order valence-corrected chi connectivity index (χ0v) is 8.58. The van der Waals surface area contributed by atoms with Gasteiger partial charge < -0.3 is 5.11 Å². The van der Waals surface area contributed by atoms with Gasteiger partial charge in [-0.05, 0) is 25.0 Å². The standard InChI is InChI=1S/C10H9ClOS/c11-9-3-2-8(13-9)10(5-6-10)4-1-7-12/h2-3,12H,4-6H2. The summed E-state index contributed by atoms with van der Waals surface area (Å²) in [5, 5.41) is 8.43. The average Bonchev–Trinajstić information content (AvgIpc) is 2.80. The quantitative estimate of drug-likeness (QED) is 0.747. The third kappa shape index (κ3) is 1.67. The first-order valence-corrected chi connectivity index (χ1v) is 5.34. The number of aliphatic hydroxyl groups excluding tert-OH is 1. The van der Waals surface area contributed by atoms with Gasteiger partial charge in [0.1, 0.15) is 6.11 Å². The fourth-order valence-electron chi connectivity index (χ4n) is 1.47. The van der Waals surface area contributed by atoms with Gasteiger partial charge in [0.05, 0.1) is 4.34 Å². The van der Waals surface area contributed by atoms with E-state index in [9.17, 15) is 0 Å². The lowest BCUT2D eigenvalue weighted by atomic mass is 10.0. The summed E-state index contributed by atoms with van der Waals surface area (Å²) in [5.74, 6) is 2.73. The van der Waals surface area contributed by atoms with Crippen LogP contribution in [0.15, 0.2) is 12.1 Å². The molecule has 0 aliphatic heterocycles. The maximum Gasteiger partial charge on any atom is 0.107 e. The molecule has 1 aromatic rings. The topological polar surface area (TPSA) is 20.2 Å². The molecule has 13 heavy (non-hydrogen) atoms. The lowest BCUT2D eigenvalue weighted by Crippen LogP contribution is -2.01. The van der Waals surface area contributed by atoms with Crippen molar-refractivity contribution in [1.29, 1.82) is 0 Å². The van der Waals surface area contributed by atoms with Crippen molar-refractivity contribution in [1.82, 2.24) is 0 Å². The molecule has 0 aromatic carbocycles. The van der Waals surface area contributed by atoms with E-state index < -0.39 is 0 Å². The summed E-state index contributed by atoms with van der Waals surface area (Å²) in [6.07, 6.45) is 5.04. The molecule has 1 aliphatic carbocycles. The van der Waals surface area contributed by atoms with Gasteiger partial charge in [0.15, 0.2) is 0 Å². The maximum absolute atomic E-state index is 8.43. The van der Waals surface area contributed by atoms with Crippen molar-refractivity contribution in [3.63, 3.8) is 0 Å². The van der Waals surface area contributed by atoms with Gasteiger partial charge in [0.25, 0.3) is 0 Å². The van der Waals surface area contributed by atoms with E-state index in [2.05, 4.69) is 12.0 Å². The molecule has 0 radical (unpaired) electrons. The molecule has 1 nitrogen and oxygen atoms in total. The molecular formula is C10H9ClOS. The van der Waals surface area contributed by atoms with Crippen LogP contribution >= 0.6 is 22.9 Å². The van der Waals surface area contributed by atoms with Crippen LogP contribution in [0.3, 0.4) is 0 Å². The van der Waals surface area contributed by atoms with Crippen LogP contribution in [0, 0.1) is 12.0 Å². The largest absolute Gasteiger partial charge is 0.462 e. The molecule has 0 saturated heterocycles. The third-order valence-corrected chi connectivity index (χ3v) is 3.93. The SMILES string of the molecule is OC#CCC1(c2ccc(Cl)s2)CC1. The molecule has 68 valence electrons. The second-order valence-electron chi connectivity index (χ2n) is 3.35. The second kappa shape index (κ2) is 3.25. The molecule has 3 heteroatoms. The number of thiophene rings is 1. The van der Waals surface area contributed by atoms with Crippen LogP contribution in [0.1, 0.15) is 24.1 Å². The van der Waals surface area contributed by atoms with E-state index in [-0.39, 0.29) is 5.41 Å². The first kappa shape index (κ1) is 8.93. The fourth-order valence-corrected chi connectivity index (χ4v) is 2.76. The van der Waals surface area contributed by atoms with E-state index in [0.29, 0.717) is 0 Å². The maximum atomic E-state index is 8.43. The Hall–Kier alpha value is -0.650. The summed E-state index contributed by atoms with van der Waals surface area (Å²) in [7, 11) is 0. The first-order chi connectivity index (χ1) is 6.27. The zero-order chi connectivity index (χ0) is 9.31. The Bertz CT molecular complexity index is 368. The summed E-state index contributed by atoms with van der Waals surface area (Å²) in [6, 6.07) is 3.99. The van der Waals surface area contributed by atoms with Gasteiger partial charge in [-0.15, -0.1) is 11.3 Å². The first-order valence-electron chi connectivity index (χ1n) is 4.15. The Labute approximate surface area is 86.4 Å². The van der Waals surface area contributed by atoms with E-state index in [1.165, 1.54) is 17.7 Å². The predicted octanol–water partition coefficient (Wildman–Crippen LogP) is 3.16. The monoisotopic (exact) mass is 212 g/mol. The van der Waals surface area contributed by atoms with Crippen molar-refractivity contribution < 1.29 is 5.11 Å². The van der Waals surface area contributed by atoms with Crippen LogP contribution in [-0.4, -0.2) is 5.11 Å². The van der Waals surface area contributed by atoms with Crippen LogP contribution in [0.5, 0.6) is 0 Å². The van der Waals surface area contributed by atoms with Gasteiger partial charge in [-0.2, -0.15) is 0 Å². The van der Waals surface area contributed by atoms with E-state index in [4.69, 9.17) is 16.7 Å². The lowest BCUT2D eigenvalue weighted by molar-refractivity contribution is 0.515. The van der Waals surface area contributed by atoms with Crippen molar-refractivity contribution in [2.24, 2.45) is 0 Å². The van der Waals surface area contributed by atoms with Crippen LogP contribution in [0.2, 0.25) is 4.34 Å². The van der Waals surface area contributed by atoms with Gasteiger partial charge in [-0.1, -0.05) is 17.5 Å². The highest BCUT2D eigenvalue weighted by atomic mass is 35.5. The van der Waals surface area contributed by atoms with Gasteiger partial charge in [0, 0.05) is 16.7 Å². The molecule has 1 saturated carbocycles. The smallest absolute Gasteiger partial charge is 0.107 e. The number of halogens is 1. The Kier molecular flexibility index (Phi) is 2.23. The van der Waals surface area contributed by atoms with Crippen LogP contribution in [0.25, 0.3) is 0 Å². The predicted molar refractivity (Wildman–Crippen MR) is 54.6 cm³/mol. The second-order valence-corrected chi connectivity index (χ2v) is 5.06. The van der Waals surface area contributed by atoms with Crippen molar-refractivity contribution in [3.8, 4) is 12.0 Å². The van der Waals surface area contributed by atoms with Gasteiger partial charge >= 0.3 is 0 Å². The van der Waals surface area contributed by atoms with Crippen molar-refractivity contribution in [2.45, 2.75) is 24.7 Å². The van der Waals surface area contributed by atoms with Crippen LogP contribution < -0.4 is 0 Å². The molecule has 0 unspecified atom stereocenters. The molecule has 1 aromatic heterocycles. The number of aliphatic hydroxyl groups is 1. The van der Waals surface area contributed by atoms with Gasteiger partial charge in [0.2, 0.25) is 0 Å². The molecule has 1 heterocycles. The van der Waals surface area contributed by atoms with Crippen LogP contribution in [-0.2, 0) is 5.41 Å². The van der Waals surface area contributed by atoms with Crippen LogP contribution in [0.4, 0.5) is 0 Å². The Balaban J connectivity index is 2.18. The summed E-state index contributed by atoms with van der Waals surface area (Å²) in [4.78, 5) is 1.31.